The Morgan fingerprint density at radius 1 is 1.31 bits per heavy atom. The lowest BCUT2D eigenvalue weighted by Gasteiger charge is -2.48. The molecule has 4 atom stereocenters. The highest BCUT2D eigenvalue weighted by atomic mass is 32.2. The predicted molar refractivity (Wildman–Crippen MR) is 128 cm³/mol. The molecule has 0 bridgehead atoms. The topological polar surface area (TPSA) is 85.9 Å². The first-order chi connectivity index (χ1) is 15.5. The molecule has 1 saturated carbocycles. The van der Waals surface area contributed by atoms with Crippen LogP contribution in [-0.4, -0.2) is 35.6 Å². The molecule has 1 fully saturated rings. The molecule has 2 aliphatic heterocycles. The number of aryl methyl sites for hydroxylation is 1. The van der Waals surface area contributed by atoms with Crippen molar-refractivity contribution in [3.63, 3.8) is 0 Å². The van der Waals surface area contributed by atoms with E-state index in [0.717, 1.165) is 36.3 Å². The van der Waals surface area contributed by atoms with Gasteiger partial charge in [-0.05, 0) is 63.4 Å². The first kappa shape index (κ1) is 21.2. The van der Waals surface area contributed by atoms with Crippen molar-refractivity contribution in [2.24, 2.45) is 16.6 Å². The van der Waals surface area contributed by atoms with Crippen LogP contribution in [0.2, 0.25) is 0 Å². The third-order valence-electron chi connectivity index (χ3n) is 6.77. The fourth-order valence-corrected chi connectivity index (χ4v) is 6.33. The number of fused-ring (bicyclic) bond motifs is 4. The number of hydrogen-bond donors (Lipinski definition) is 2. The summed E-state index contributed by atoms with van der Waals surface area (Å²) in [6.45, 7) is 4.60. The van der Waals surface area contributed by atoms with Gasteiger partial charge < -0.3 is 20.5 Å². The number of carbonyl (C=O) groups excluding carboxylic acids is 1. The number of aliphatic imine (C=N–C) groups is 1. The molecule has 1 spiro atoms. The van der Waals surface area contributed by atoms with E-state index in [0.29, 0.717) is 23.1 Å². The maximum Gasteiger partial charge on any atom is 0.251 e. The minimum absolute atomic E-state index is 0.0633. The van der Waals surface area contributed by atoms with Crippen molar-refractivity contribution >= 4 is 22.8 Å². The first-order valence-electron chi connectivity index (χ1n) is 11.3. The van der Waals surface area contributed by atoms with E-state index in [1.807, 2.05) is 25.1 Å². The van der Waals surface area contributed by atoms with Crippen LogP contribution in [0.4, 0.5) is 0 Å². The summed E-state index contributed by atoms with van der Waals surface area (Å²) in [6.07, 6.45) is 2.65. The highest BCUT2D eigenvalue weighted by molar-refractivity contribution is 8.14. The Labute approximate surface area is 193 Å². The molecule has 4 unspecified atom stereocenters. The Hall–Kier alpha value is -2.67. The lowest BCUT2D eigenvalue weighted by atomic mass is 9.67. The van der Waals surface area contributed by atoms with Gasteiger partial charge in [0.15, 0.2) is 5.17 Å². The molecule has 2 aromatic carbocycles. The molecule has 1 amide bonds. The van der Waals surface area contributed by atoms with E-state index in [4.69, 9.17) is 20.2 Å². The fourth-order valence-electron chi connectivity index (χ4n) is 5.30. The van der Waals surface area contributed by atoms with Gasteiger partial charge in [0.2, 0.25) is 0 Å². The zero-order valence-corrected chi connectivity index (χ0v) is 19.3. The highest BCUT2D eigenvalue weighted by Crippen LogP contribution is 2.54. The van der Waals surface area contributed by atoms with E-state index in [-0.39, 0.29) is 24.0 Å². The van der Waals surface area contributed by atoms with Crippen LogP contribution in [0.25, 0.3) is 0 Å². The fraction of sp³-hybridized carbons (Fsp3) is 0.440. The number of thioether (sulfide) groups is 1. The van der Waals surface area contributed by atoms with Crippen LogP contribution in [0, 0.1) is 12.8 Å². The number of nitrogens with one attached hydrogen (secondary N) is 1. The minimum atomic E-state index is -0.392. The minimum Gasteiger partial charge on any atom is -0.494 e. The smallest absolute Gasteiger partial charge is 0.251 e. The Kier molecular flexibility index (Phi) is 5.53. The SMILES string of the molecule is CCOc1cccc(C(=O)NC2CCC3Oc4ccc(C)cc4C4(CSC(N)=N4)C3C2)c1. The van der Waals surface area contributed by atoms with E-state index >= 15 is 0 Å². The number of ether oxygens (including phenoxy) is 2. The van der Waals surface area contributed by atoms with Gasteiger partial charge in [-0.3, -0.25) is 4.79 Å². The van der Waals surface area contributed by atoms with Gasteiger partial charge in [0.25, 0.3) is 5.91 Å². The molecule has 1 aliphatic carbocycles. The number of nitrogens with two attached hydrogens (primary N) is 1. The molecule has 6 nitrogen and oxygen atoms in total. The maximum absolute atomic E-state index is 13.0. The maximum atomic E-state index is 13.0. The summed E-state index contributed by atoms with van der Waals surface area (Å²) >= 11 is 1.62. The van der Waals surface area contributed by atoms with Crippen LogP contribution >= 0.6 is 11.8 Å². The van der Waals surface area contributed by atoms with Crippen LogP contribution in [0.5, 0.6) is 11.5 Å². The molecule has 3 N–H and O–H groups in total. The Bertz CT molecular complexity index is 1070. The second-order valence-electron chi connectivity index (χ2n) is 8.87. The largest absolute Gasteiger partial charge is 0.494 e. The van der Waals surface area contributed by atoms with Gasteiger partial charge in [-0.15, -0.1) is 0 Å². The van der Waals surface area contributed by atoms with E-state index in [1.165, 1.54) is 5.56 Å². The van der Waals surface area contributed by atoms with E-state index in [9.17, 15) is 4.79 Å². The molecule has 168 valence electrons. The molecule has 2 aromatic rings. The average Bonchev–Trinajstić information content (AvgIpc) is 3.18. The van der Waals surface area contributed by atoms with Gasteiger partial charge in [0, 0.05) is 28.8 Å². The molecule has 3 aliphatic rings. The summed E-state index contributed by atoms with van der Waals surface area (Å²) in [5.41, 5.74) is 8.72. The molecular weight excluding hydrogens is 422 g/mol. The van der Waals surface area contributed by atoms with Crippen molar-refractivity contribution in [2.75, 3.05) is 12.4 Å². The zero-order chi connectivity index (χ0) is 22.3. The number of carbonyl (C=O) groups is 1. The number of nitrogens with zero attached hydrogens (tertiary/aromatic N) is 1. The summed E-state index contributed by atoms with van der Waals surface area (Å²) in [5.74, 6) is 2.55. The van der Waals surface area contributed by atoms with Crippen molar-refractivity contribution in [2.45, 2.75) is 50.8 Å². The molecule has 32 heavy (non-hydrogen) atoms. The number of benzene rings is 2. The summed E-state index contributed by atoms with van der Waals surface area (Å²) in [6, 6.07) is 13.8. The third kappa shape index (κ3) is 3.72. The van der Waals surface area contributed by atoms with Crippen LogP contribution in [0.3, 0.4) is 0 Å². The van der Waals surface area contributed by atoms with Crippen molar-refractivity contribution in [1.29, 1.82) is 0 Å². The normalized spacial score (nSPS) is 28.3. The van der Waals surface area contributed by atoms with Crippen LogP contribution in [0.1, 0.15) is 47.7 Å². The number of hydrogen-bond acceptors (Lipinski definition) is 6. The number of amidine groups is 1. The lowest BCUT2D eigenvalue weighted by Crippen LogP contribution is -2.54. The van der Waals surface area contributed by atoms with Crippen LogP contribution < -0.4 is 20.5 Å². The molecular formula is C25H29N3O3S. The molecule has 0 saturated heterocycles. The van der Waals surface area contributed by atoms with Crippen molar-refractivity contribution in [1.82, 2.24) is 5.32 Å². The first-order valence-corrected chi connectivity index (χ1v) is 12.3. The van der Waals surface area contributed by atoms with E-state index < -0.39 is 5.54 Å². The summed E-state index contributed by atoms with van der Waals surface area (Å²) < 4.78 is 12.0. The average molecular weight is 452 g/mol. The van der Waals surface area contributed by atoms with Gasteiger partial charge in [-0.25, -0.2) is 4.99 Å². The van der Waals surface area contributed by atoms with Gasteiger partial charge in [-0.2, -0.15) is 0 Å². The lowest BCUT2D eigenvalue weighted by molar-refractivity contribution is 0.0155. The highest BCUT2D eigenvalue weighted by Gasteiger charge is 2.54. The summed E-state index contributed by atoms with van der Waals surface area (Å²) in [5, 5.41) is 3.89. The van der Waals surface area contributed by atoms with Crippen LogP contribution in [0.15, 0.2) is 47.5 Å². The Morgan fingerprint density at radius 2 is 2.19 bits per heavy atom. The van der Waals surface area contributed by atoms with Crippen molar-refractivity contribution < 1.29 is 14.3 Å². The monoisotopic (exact) mass is 451 g/mol. The molecule has 5 rings (SSSR count). The summed E-state index contributed by atoms with van der Waals surface area (Å²) in [7, 11) is 0. The second-order valence-corrected chi connectivity index (χ2v) is 9.87. The third-order valence-corrected chi connectivity index (χ3v) is 7.74. The quantitative estimate of drug-likeness (QED) is 0.734. The standard InChI is InChI=1S/C25H29N3O3S/c1-3-30-18-6-4-5-16(12-18)23(29)27-17-8-10-22-20(13-17)25(14-32-24(26)28-25)19-11-15(2)7-9-21(19)31-22/h4-7,9,11-12,17,20,22H,3,8,10,13-14H2,1-2H3,(H2,26,28)(H,27,29). The molecule has 2 heterocycles. The van der Waals surface area contributed by atoms with Gasteiger partial charge in [0.05, 0.1) is 6.61 Å². The molecule has 7 heteroatoms. The predicted octanol–water partition coefficient (Wildman–Crippen LogP) is 4.01. The second kappa shape index (κ2) is 8.35. The molecule has 0 radical (unpaired) electrons. The number of amides is 1. The molecule has 0 aromatic heterocycles. The Morgan fingerprint density at radius 3 is 2.97 bits per heavy atom. The van der Waals surface area contributed by atoms with Gasteiger partial charge >= 0.3 is 0 Å². The Balaban J connectivity index is 1.39. The summed E-state index contributed by atoms with van der Waals surface area (Å²) in [4.78, 5) is 18.0. The van der Waals surface area contributed by atoms with Gasteiger partial charge in [-0.1, -0.05) is 29.5 Å². The van der Waals surface area contributed by atoms with Crippen molar-refractivity contribution in [3.05, 3.63) is 59.2 Å². The van der Waals surface area contributed by atoms with E-state index in [1.54, 1.807) is 17.8 Å². The van der Waals surface area contributed by atoms with Crippen molar-refractivity contribution in [3.8, 4) is 11.5 Å². The van der Waals surface area contributed by atoms with Gasteiger partial charge in [0.1, 0.15) is 23.1 Å². The van der Waals surface area contributed by atoms with E-state index in [2.05, 4.69) is 30.4 Å². The number of rotatable bonds is 4. The zero-order valence-electron chi connectivity index (χ0n) is 18.5. The van der Waals surface area contributed by atoms with Crippen LogP contribution in [-0.2, 0) is 5.54 Å².